The third-order valence-electron chi connectivity index (χ3n) is 5.71. The molecule has 1 aromatic heterocycles. The molecule has 0 amide bonds. The summed E-state index contributed by atoms with van der Waals surface area (Å²) >= 11 is 0. The number of imidazole rings is 1. The minimum absolute atomic E-state index is 0.484. The molecule has 0 atom stereocenters. The second-order valence-corrected chi connectivity index (χ2v) is 8.50. The molecule has 1 saturated heterocycles. The lowest BCUT2D eigenvalue weighted by molar-refractivity contribution is -0.164. The second kappa shape index (κ2) is 9.00. The van der Waals surface area contributed by atoms with Gasteiger partial charge in [-0.1, -0.05) is 17.3 Å². The molecule has 0 aliphatic carbocycles. The third kappa shape index (κ3) is 4.60. The Bertz CT molecular complexity index is 1130. The molecule has 3 aromatic rings. The molecule has 8 nitrogen and oxygen atoms in total. The zero-order valence-electron chi connectivity index (χ0n) is 19.0. The van der Waals surface area contributed by atoms with Crippen molar-refractivity contribution in [2.24, 2.45) is 5.16 Å². The summed E-state index contributed by atoms with van der Waals surface area (Å²) in [7, 11) is 3.48. The van der Waals surface area contributed by atoms with Gasteiger partial charge in [0.15, 0.2) is 0 Å². The van der Waals surface area contributed by atoms with E-state index in [0.29, 0.717) is 0 Å². The maximum Gasteiger partial charge on any atom is 0.352 e. The highest BCUT2D eigenvalue weighted by molar-refractivity contribution is 5.88. The number of esters is 1. The number of benzene rings is 2. The average molecular weight is 436 g/mol. The summed E-state index contributed by atoms with van der Waals surface area (Å²) in [5, 5.41) is 3.95. The molecular weight excluding hydrogens is 406 g/mol. The van der Waals surface area contributed by atoms with Crippen molar-refractivity contribution in [3.05, 3.63) is 54.4 Å². The van der Waals surface area contributed by atoms with E-state index >= 15 is 0 Å². The minimum atomic E-state index is -1.15. The number of nitrogens with zero attached hydrogens (tertiary/aromatic N) is 5. The van der Waals surface area contributed by atoms with E-state index in [9.17, 15) is 4.79 Å². The number of rotatable bonds is 6. The van der Waals surface area contributed by atoms with Crippen LogP contribution in [0.1, 0.15) is 19.4 Å². The van der Waals surface area contributed by atoms with Gasteiger partial charge in [-0.3, -0.25) is 4.57 Å². The Labute approximate surface area is 188 Å². The van der Waals surface area contributed by atoms with Crippen LogP contribution >= 0.6 is 0 Å². The van der Waals surface area contributed by atoms with Crippen LogP contribution in [0.2, 0.25) is 0 Å². The fraction of sp³-hybridized carbons (Fsp3) is 0.375. The average Bonchev–Trinajstić information content (AvgIpc) is 3.22. The smallest absolute Gasteiger partial charge is 0.352 e. The van der Waals surface area contributed by atoms with Crippen LogP contribution in [0, 0.1) is 0 Å². The van der Waals surface area contributed by atoms with Gasteiger partial charge in [0.05, 0.1) is 24.4 Å². The number of fused-ring (bicyclic) bond motifs is 1. The molecule has 2 aromatic carbocycles. The van der Waals surface area contributed by atoms with Gasteiger partial charge in [0, 0.05) is 37.6 Å². The molecule has 0 spiro atoms. The summed E-state index contributed by atoms with van der Waals surface area (Å²) in [6.07, 6.45) is 3.41. The standard InChI is InChI=1S/C24H29N5O3/c1-24(2,23(30)31-4)32-26-16-18-8-9-22-21(14-18)25-17-29(22)20-7-5-6-19(15-20)28-12-10-27(3)11-13-28/h5-9,14-17H,10-13H2,1-4H3. The van der Waals surface area contributed by atoms with Crippen LogP contribution in [0.15, 0.2) is 53.9 Å². The molecule has 0 radical (unpaired) electrons. The van der Waals surface area contributed by atoms with E-state index < -0.39 is 11.6 Å². The normalized spacial score (nSPS) is 15.4. The summed E-state index contributed by atoms with van der Waals surface area (Å²) < 4.78 is 6.81. The molecule has 0 unspecified atom stereocenters. The highest BCUT2D eigenvalue weighted by Gasteiger charge is 2.31. The molecule has 4 rings (SSSR count). The number of hydrogen-bond acceptors (Lipinski definition) is 7. The lowest BCUT2D eigenvalue weighted by Crippen LogP contribution is -2.44. The Morgan fingerprint density at radius 1 is 1.09 bits per heavy atom. The number of likely N-dealkylation sites (N-methyl/N-ethyl adjacent to an activating group) is 1. The lowest BCUT2D eigenvalue weighted by atomic mass is 10.1. The number of anilines is 1. The number of hydrogen-bond donors (Lipinski definition) is 0. The van der Waals surface area contributed by atoms with Crippen molar-refractivity contribution < 1.29 is 14.4 Å². The number of carbonyl (C=O) groups is 1. The largest absolute Gasteiger partial charge is 0.466 e. The van der Waals surface area contributed by atoms with E-state index in [2.05, 4.69) is 55.8 Å². The maximum absolute atomic E-state index is 11.7. The van der Waals surface area contributed by atoms with Crippen LogP contribution in [0.25, 0.3) is 16.7 Å². The van der Waals surface area contributed by atoms with E-state index in [1.807, 2.05) is 24.5 Å². The van der Waals surface area contributed by atoms with Crippen molar-refractivity contribution in [3.63, 3.8) is 0 Å². The van der Waals surface area contributed by atoms with E-state index in [1.165, 1.54) is 12.8 Å². The van der Waals surface area contributed by atoms with Crippen molar-refractivity contribution in [1.29, 1.82) is 0 Å². The molecule has 0 bridgehead atoms. The zero-order chi connectivity index (χ0) is 22.7. The Balaban J connectivity index is 1.53. The summed E-state index contributed by atoms with van der Waals surface area (Å²) in [4.78, 5) is 26.3. The van der Waals surface area contributed by atoms with Crippen LogP contribution < -0.4 is 4.90 Å². The zero-order valence-corrected chi connectivity index (χ0v) is 19.0. The quantitative estimate of drug-likeness (QED) is 0.337. The molecule has 1 aliphatic rings. The van der Waals surface area contributed by atoms with Gasteiger partial charge in [-0.15, -0.1) is 0 Å². The van der Waals surface area contributed by atoms with Gasteiger partial charge in [-0.05, 0) is 56.8 Å². The van der Waals surface area contributed by atoms with Gasteiger partial charge in [-0.25, -0.2) is 9.78 Å². The van der Waals surface area contributed by atoms with Gasteiger partial charge < -0.3 is 19.4 Å². The Morgan fingerprint density at radius 3 is 2.59 bits per heavy atom. The topological polar surface area (TPSA) is 72.2 Å². The first kappa shape index (κ1) is 21.8. The lowest BCUT2D eigenvalue weighted by Gasteiger charge is -2.34. The number of aromatic nitrogens is 2. The molecule has 1 fully saturated rings. The van der Waals surface area contributed by atoms with Crippen LogP contribution in [0.3, 0.4) is 0 Å². The first-order valence-electron chi connectivity index (χ1n) is 10.7. The second-order valence-electron chi connectivity index (χ2n) is 8.50. The fourth-order valence-electron chi connectivity index (χ4n) is 3.72. The summed E-state index contributed by atoms with van der Waals surface area (Å²) in [5.74, 6) is -0.484. The first-order valence-corrected chi connectivity index (χ1v) is 10.7. The van der Waals surface area contributed by atoms with Crippen molar-refractivity contribution in [2.45, 2.75) is 19.4 Å². The summed E-state index contributed by atoms with van der Waals surface area (Å²) in [6, 6.07) is 14.5. The van der Waals surface area contributed by atoms with Crippen molar-refractivity contribution >= 4 is 28.9 Å². The van der Waals surface area contributed by atoms with Crippen molar-refractivity contribution in [3.8, 4) is 5.69 Å². The summed E-state index contributed by atoms with van der Waals surface area (Å²) in [6.45, 7) is 7.42. The molecular formula is C24H29N5O3. The van der Waals surface area contributed by atoms with Crippen molar-refractivity contribution in [1.82, 2.24) is 14.5 Å². The molecule has 0 N–H and O–H groups in total. The molecule has 32 heavy (non-hydrogen) atoms. The monoisotopic (exact) mass is 435 g/mol. The van der Waals surface area contributed by atoms with E-state index in [1.54, 1.807) is 20.1 Å². The van der Waals surface area contributed by atoms with Crippen LogP contribution in [-0.2, 0) is 14.4 Å². The van der Waals surface area contributed by atoms with Gasteiger partial charge in [0.25, 0.3) is 0 Å². The number of piperazine rings is 1. The Kier molecular flexibility index (Phi) is 6.14. The van der Waals surface area contributed by atoms with Gasteiger partial charge in [0.1, 0.15) is 6.33 Å². The Morgan fingerprint density at radius 2 is 1.84 bits per heavy atom. The summed E-state index contributed by atoms with van der Waals surface area (Å²) in [5.41, 5.74) is 3.85. The molecule has 168 valence electrons. The predicted molar refractivity (Wildman–Crippen MR) is 126 cm³/mol. The molecule has 1 aliphatic heterocycles. The highest BCUT2D eigenvalue weighted by atomic mass is 16.7. The van der Waals surface area contributed by atoms with Gasteiger partial charge in [0.2, 0.25) is 5.60 Å². The first-order chi connectivity index (χ1) is 15.4. The fourth-order valence-corrected chi connectivity index (χ4v) is 3.72. The van der Waals surface area contributed by atoms with Crippen LogP contribution in [-0.4, -0.2) is 72.6 Å². The van der Waals surface area contributed by atoms with Crippen LogP contribution in [0.4, 0.5) is 5.69 Å². The van der Waals surface area contributed by atoms with Crippen molar-refractivity contribution in [2.75, 3.05) is 45.2 Å². The van der Waals surface area contributed by atoms with E-state index in [4.69, 9.17) is 9.57 Å². The van der Waals surface area contributed by atoms with E-state index in [-0.39, 0.29) is 0 Å². The van der Waals surface area contributed by atoms with E-state index in [0.717, 1.165) is 48.5 Å². The predicted octanol–water partition coefficient (Wildman–Crippen LogP) is 3.08. The van der Waals surface area contributed by atoms with Gasteiger partial charge in [-0.2, -0.15) is 0 Å². The number of methoxy groups -OCH3 is 1. The third-order valence-corrected chi connectivity index (χ3v) is 5.71. The number of carbonyl (C=O) groups excluding carboxylic acids is 1. The van der Waals surface area contributed by atoms with Gasteiger partial charge >= 0.3 is 5.97 Å². The molecule has 2 heterocycles. The Hall–Kier alpha value is -3.39. The SMILES string of the molecule is COC(=O)C(C)(C)ON=Cc1ccc2c(c1)ncn2-c1cccc(N2CCN(C)CC2)c1. The molecule has 0 saturated carbocycles. The maximum atomic E-state index is 11.7. The highest BCUT2D eigenvalue weighted by Crippen LogP contribution is 2.24. The molecule has 8 heteroatoms. The number of oxime groups is 1. The number of ether oxygens (including phenoxy) is 1. The van der Waals surface area contributed by atoms with Crippen LogP contribution in [0.5, 0.6) is 0 Å². The minimum Gasteiger partial charge on any atom is -0.466 e.